The van der Waals surface area contributed by atoms with Crippen LogP contribution in [0.3, 0.4) is 0 Å². The lowest BCUT2D eigenvalue weighted by atomic mass is 9.94. The highest BCUT2D eigenvalue weighted by molar-refractivity contribution is 5.96. The van der Waals surface area contributed by atoms with Crippen LogP contribution in [0.5, 0.6) is 0 Å². The van der Waals surface area contributed by atoms with Gasteiger partial charge in [0.1, 0.15) is 0 Å². The van der Waals surface area contributed by atoms with Crippen molar-refractivity contribution in [2.45, 2.75) is 57.9 Å². The van der Waals surface area contributed by atoms with Crippen molar-refractivity contribution in [2.24, 2.45) is 0 Å². The maximum Gasteiger partial charge on any atom is 0.251 e. The second-order valence-corrected chi connectivity index (χ2v) is 6.94. The molecule has 0 saturated heterocycles. The molecule has 0 atom stereocenters. The summed E-state index contributed by atoms with van der Waals surface area (Å²) in [6, 6.07) is 7.60. The molecule has 1 aliphatic carbocycles. The van der Waals surface area contributed by atoms with Crippen LogP contribution in [0.4, 0.5) is 5.69 Å². The molecule has 0 bridgehead atoms. The van der Waals surface area contributed by atoms with Gasteiger partial charge in [-0.3, -0.25) is 14.5 Å². The fourth-order valence-corrected chi connectivity index (χ4v) is 3.26. The van der Waals surface area contributed by atoms with E-state index >= 15 is 0 Å². The highest BCUT2D eigenvalue weighted by atomic mass is 16.2. The van der Waals surface area contributed by atoms with E-state index in [0.717, 1.165) is 18.5 Å². The summed E-state index contributed by atoms with van der Waals surface area (Å²) in [5, 5.41) is 5.81. The standard InChI is InChI=1S/C20H31N3O2/c1-3-4-14-21-20(25)16-10-12-17(13-11-16)22-19(24)15-23(2)18-8-6-5-7-9-18/h10-13,18H,3-9,14-15H2,1-2H3,(H,21,25)(H,22,24). The SMILES string of the molecule is CCCCNC(=O)c1ccc(NC(=O)CN(C)C2CCCCC2)cc1. The van der Waals surface area contributed by atoms with Gasteiger partial charge in [-0.2, -0.15) is 0 Å². The van der Waals surface area contributed by atoms with Crippen LogP contribution >= 0.6 is 0 Å². The fraction of sp³-hybridized carbons (Fsp3) is 0.600. The third-order valence-electron chi connectivity index (χ3n) is 4.84. The maximum absolute atomic E-state index is 12.2. The molecule has 25 heavy (non-hydrogen) atoms. The van der Waals surface area contributed by atoms with Gasteiger partial charge < -0.3 is 10.6 Å². The van der Waals surface area contributed by atoms with Gasteiger partial charge in [0.25, 0.3) is 5.91 Å². The molecule has 5 nitrogen and oxygen atoms in total. The van der Waals surface area contributed by atoms with Crippen LogP contribution in [-0.2, 0) is 4.79 Å². The van der Waals surface area contributed by atoms with Crippen LogP contribution in [0.25, 0.3) is 0 Å². The molecule has 0 radical (unpaired) electrons. The van der Waals surface area contributed by atoms with Gasteiger partial charge in [-0.1, -0.05) is 32.6 Å². The van der Waals surface area contributed by atoms with E-state index in [9.17, 15) is 9.59 Å². The number of hydrogen-bond donors (Lipinski definition) is 2. The number of benzene rings is 1. The molecule has 1 fully saturated rings. The van der Waals surface area contributed by atoms with Crippen LogP contribution < -0.4 is 10.6 Å². The van der Waals surface area contributed by atoms with Crippen molar-refractivity contribution in [2.75, 3.05) is 25.5 Å². The molecule has 1 aliphatic rings. The Morgan fingerprint density at radius 2 is 1.80 bits per heavy atom. The molecule has 138 valence electrons. The summed E-state index contributed by atoms with van der Waals surface area (Å²) in [5.41, 5.74) is 1.35. The second-order valence-electron chi connectivity index (χ2n) is 6.94. The Morgan fingerprint density at radius 1 is 1.12 bits per heavy atom. The summed E-state index contributed by atoms with van der Waals surface area (Å²) in [4.78, 5) is 26.4. The number of rotatable bonds is 8. The number of likely N-dealkylation sites (N-methyl/N-ethyl adjacent to an activating group) is 1. The summed E-state index contributed by atoms with van der Waals surface area (Å²) in [5.74, 6) is -0.0726. The monoisotopic (exact) mass is 345 g/mol. The Morgan fingerprint density at radius 3 is 2.44 bits per heavy atom. The first kappa shape index (κ1) is 19.4. The van der Waals surface area contributed by atoms with Crippen LogP contribution in [-0.4, -0.2) is 42.9 Å². The van der Waals surface area contributed by atoms with Crippen molar-refractivity contribution < 1.29 is 9.59 Å². The number of amides is 2. The average molecular weight is 345 g/mol. The number of carbonyl (C=O) groups excluding carboxylic acids is 2. The molecule has 1 aromatic carbocycles. The van der Waals surface area contributed by atoms with E-state index in [0.29, 0.717) is 24.7 Å². The Bertz CT molecular complexity index is 551. The summed E-state index contributed by atoms with van der Waals surface area (Å²) in [6.07, 6.45) is 8.25. The van der Waals surface area contributed by atoms with Crippen molar-refractivity contribution >= 4 is 17.5 Å². The van der Waals surface area contributed by atoms with Gasteiger partial charge in [0.15, 0.2) is 0 Å². The molecule has 1 saturated carbocycles. The van der Waals surface area contributed by atoms with Gasteiger partial charge in [0.2, 0.25) is 5.91 Å². The molecule has 2 amide bonds. The maximum atomic E-state index is 12.2. The van der Waals surface area contributed by atoms with Crippen LogP contribution in [0, 0.1) is 0 Å². The normalized spacial score (nSPS) is 15.2. The predicted molar refractivity (Wildman–Crippen MR) is 102 cm³/mol. The van der Waals surface area contributed by atoms with Crippen molar-refractivity contribution in [3.8, 4) is 0 Å². The fourth-order valence-electron chi connectivity index (χ4n) is 3.26. The number of nitrogens with zero attached hydrogens (tertiary/aromatic N) is 1. The van der Waals surface area contributed by atoms with Crippen molar-refractivity contribution in [3.05, 3.63) is 29.8 Å². The Hall–Kier alpha value is -1.88. The van der Waals surface area contributed by atoms with E-state index in [1.807, 2.05) is 7.05 Å². The largest absolute Gasteiger partial charge is 0.352 e. The van der Waals surface area contributed by atoms with E-state index in [4.69, 9.17) is 0 Å². The molecule has 0 aromatic heterocycles. The first-order valence-electron chi connectivity index (χ1n) is 9.48. The van der Waals surface area contributed by atoms with E-state index < -0.39 is 0 Å². The number of carbonyl (C=O) groups is 2. The lowest BCUT2D eigenvalue weighted by Crippen LogP contribution is -2.39. The van der Waals surface area contributed by atoms with Crippen LogP contribution in [0.2, 0.25) is 0 Å². The van der Waals surface area contributed by atoms with E-state index in [-0.39, 0.29) is 11.8 Å². The number of nitrogens with one attached hydrogen (secondary N) is 2. The molecule has 1 aromatic rings. The van der Waals surface area contributed by atoms with Crippen molar-refractivity contribution in [1.82, 2.24) is 10.2 Å². The highest BCUT2D eigenvalue weighted by Gasteiger charge is 2.19. The number of hydrogen-bond acceptors (Lipinski definition) is 3. The van der Waals surface area contributed by atoms with Gasteiger partial charge in [0.05, 0.1) is 6.54 Å². The molecule has 5 heteroatoms. The van der Waals surface area contributed by atoms with Gasteiger partial charge in [-0.15, -0.1) is 0 Å². The topological polar surface area (TPSA) is 61.4 Å². The minimum atomic E-state index is -0.0663. The smallest absolute Gasteiger partial charge is 0.251 e. The zero-order valence-electron chi connectivity index (χ0n) is 15.5. The third-order valence-corrected chi connectivity index (χ3v) is 4.84. The predicted octanol–water partition coefficient (Wildman–Crippen LogP) is 3.42. The lowest BCUT2D eigenvalue weighted by Gasteiger charge is -2.30. The first-order chi connectivity index (χ1) is 12.1. The lowest BCUT2D eigenvalue weighted by molar-refractivity contribution is -0.117. The number of unbranched alkanes of at least 4 members (excludes halogenated alkanes) is 1. The second kappa shape index (κ2) is 10.2. The van der Waals surface area contributed by atoms with E-state index in [1.54, 1.807) is 24.3 Å². The zero-order valence-corrected chi connectivity index (χ0v) is 15.5. The highest BCUT2D eigenvalue weighted by Crippen LogP contribution is 2.21. The molecule has 2 N–H and O–H groups in total. The summed E-state index contributed by atoms with van der Waals surface area (Å²) < 4.78 is 0. The van der Waals surface area contributed by atoms with Crippen molar-refractivity contribution in [3.63, 3.8) is 0 Å². The van der Waals surface area contributed by atoms with Crippen LogP contribution in [0.1, 0.15) is 62.2 Å². The first-order valence-corrected chi connectivity index (χ1v) is 9.48. The van der Waals surface area contributed by atoms with Gasteiger partial charge in [-0.25, -0.2) is 0 Å². The number of anilines is 1. The molecular formula is C20H31N3O2. The van der Waals surface area contributed by atoms with Crippen LogP contribution in [0.15, 0.2) is 24.3 Å². The van der Waals surface area contributed by atoms with Gasteiger partial charge >= 0.3 is 0 Å². The minimum absolute atomic E-state index is 0.00628. The summed E-state index contributed by atoms with van der Waals surface area (Å²) in [7, 11) is 2.03. The van der Waals surface area contributed by atoms with E-state index in [1.165, 1.54) is 32.1 Å². The Kier molecular flexibility index (Phi) is 7.92. The molecule has 0 unspecified atom stereocenters. The Labute approximate surface area is 151 Å². The zero-order chi connectivity index (χ0) is 18.1. The third kappa shape index (κ3) is 6.50. The van der Waals surface area contributed by atoms with Gasteiger partial charge in [-0.05, 0) is 50.6 Å². The Balaban J connectivity index is 1.79. The summed E-state index contributed by atoms with van der Waals surface area (Å²) >= 11 is 0. The molecule has 0 spiro atoms. The van der Waals surface area contributed by atoms with Crippen molar-refractivity contribution in [1.29, 1.82) is 0 Å². The molecular weight excluding hydrogens is 314 g/mol. The minimum Gasteiger partial charge on any atom is -0.352 e. The summed E-state index contributed by atoms with van der Waals surface area (Å²) in [6.45, 7) is 3.20. The molecule has 0 heterocycles. The quantitative estimate of drug-likeness (QED) is 0.710. The molecule has 0 aliphatic heterocycles. The van der Waals surface area contributed by atoms with E-state index in [2.05, 4.69) is 22.5 Å². The average Bonchev–Trinajstić information content (AvgIpc) is 2.63. The van der Waals surface area contributed by atoms with Gasteiger partial charge in [0, 0.05) is 23.8 Å². The molecule has 2 rings (SSSR count).